The molecule has 0 amide bonds. The van der Waals surface area contributed by atoms with Gasteiger partial charge in [-0.15, -0.1) is 0 Å². The van der Waals surface area contributed by atoms with Crippen molar-refractivity contribution in [2.75, 3.05) is 0 Å². The molecule has 0 saturated heterocycles. The number of hydrogen-bond donors (Lipinski definition) is 1. The molecule has 0 aliphatic carbocycles. The first-order valence-electron chi connectivity index (χ1n) is 3.79. The minimum atomic E-state index is -0.290. The average molecular weight is 244 g/mol. The van der Waals surface area contributed by atoms with Crippen LogP contribution in [0.4, 0.5) is 4.39 Å². The van der Waals surface area contributed by atoms with Crippen molar-refractivity contribution in [1.29, 1.82) is 0 Å². The monoisotopic (exact) mass is 243 g/mol. The molecule has 13 heavy (non-hydrogen) atoms. The third-order valence-electron chi connectivity index (χ3n) is 1.83. The number of benzene rings is 1. The minimum absolute atomic E-state index is 0.278. The largest absolute Gasteiger partial charge is 0.458 e. The van der Waals surface area contributed by atoms with E-state index in [4.69, 9.17) is 10.2 Å². The summed E-state index contributed by atoms with van der Waals surface area (Å²) in [6, 6.07) is 4.62. The molecule has 2 rings (SSSR count). The van der Waals surface area contributed by atoms with Crippen LogP contribution in [0.15, 0.2) is 27.1 Å². The SMILES string of the molecule is NCc1cc2c(F)ccc(Br)c2o1. The maximum absolute atomic E-state index is 13.2. The summed E-state index contributed by atoms with van der Waals surface area (Å²) in [6.45, 7) is 0.278. The van der Waals surface area contributed by atoms with E-state index in [0.29, 0.717) is 16.7 Å². The van der Waals surface area contributed by atoms with Crippen molar-refractivity contribution < 1.29 is 8.81 Å². The van der Waals surface area contributed by atoms with Gasteiger partial charge in [0.1, 0.15) is 11.6 Å². The molecule has 0 atom stereocenters. The molecule has 0 unspecified atom stereocenters. The Balaban J connectivity index is 2.80. The Morgan fingerprint density at radius 2 is 2.23 bits per heavy atom. The summed E-state index contributed by atoms with van der Waals surface area (Å²) in [4.78, 5) is 0. The Bertz CT molecular complexity index is 413. The van der Waals surface area contributed by atoms with Crippen LogP contribution in [0.1, 0.15) is 5.76 Å². The van der Waals surface area contributed by atoms with E-state index in [1.165, 1.54) is 6.07 Å². The summed E-state index contributed by atoms with van der Waals surface area (Å²) >= 11 is 3.27. The van der Waals surface area contributed by atoms with Gasteiger partial charge in [-0.3, -0.25) is 0 Å². The van der Waals surface area contributed by atoms with Crippen molar-refractivity contribution in [3.05, 3.63) is 34.2 Å². The van der Waals surface area contributed by atoms with Crippen molar-refractivity contribution in [2.24, 2.45) is 5.73 Å². The Labute approximate surface area is 82.6 Å². The van der Waals surface area contributed by atoms with Crippen LogP contribution >= 0.6 is 15.9 Å². The number of nitrogens with two attached hydrogens (primary N) is 1. The molecule has 1 aromatic carbocycles. The van der Waals surface area contributed by atoms with Gasteiger partial charge < -0.3 is 10.2 Å². The van der Waals surface area contributed by atoms with Crippen LogP contribution in [0, 0.1) is 5.82 Å². The minimum Gasteiger partial charge on any atom is -0.458 e. The molecule has 0 aliphatic heterocycles. The van der Waals surface area contributed by atoms with Gasteiger partial charge in [0.15, 0.2) is 5.58 Å². The fourth-order valence-corrected chi connectivity index (χ4v) is 1.64. The lowest BCUT2D eigenvalue weighted by Gasteiger charge is -1.92. The van der Waals surface area contributed by atoms with Crippen LogP contribution in [-0.4, -0.2) is 0 Å². The average Bonchev–Trinajstić information content (AvgIpc) is 2.56. The summed E-state index contributed by atoms with van der Waals surface area (Å²) in [5.74, 6) is 0.294. The fraction of sp³-hybridized carbons (Fsp3) is 0.111. The van der Waals surface area contributed by atoms with Gasteiger partial charge in [0.2, 0.25) is 0 Å². The molecule has 1 heterocycles. The molecule has 1 aromatic heterocycles. The van der Waals surface area contributed by atoms with Crippen molar-refractivity contribution in [3.63, 3.8) is 0 Å². The van der Waals surface area contributed by atoms with Crippen LogP contribution < -0.4 is 5.73 Å². The highest BCUT2D eigenvalue weighted by Gasteiger charge is 2.09. The van der Waals surface area contributed by atoms with Crippen LogP contribution in [0.2, 0.25) is 0 Å². The first-order chi connectivity index (χ1) is 6.22. The van der Waals surface area contributed by atoms with Gasteiger partial charge in [-0.1, -0.05) is 0 Å². The standard InChI is InChI=1S/C9H7BrFNO/c10-7-1-2-8(11)6-3-5(4-12)13-9(6)7/h1-3H,4,12H2. The second-order valence-electron chi connectivity index (χ2n) is 2.69. The van der Waals surface area contributed by atoms with Gasteiger partial charge in [-0.25, -0.2) is 4.39 Å². The summed E-state index contributed by atoms with van der Waals surface area (Å²) in [6.07, 6.45) is 0. The van der Waals surface area contributed by atoms with E-state index in [-0.39, 0.29) is 12.4 Å². The van der Waals surface area contributed by atoms with E-state index in [1.54, 1.807) is 12.1 Å². The molecule has 2 nitrogen and oxygen atoms in total. The molecule has 0 bridgehead atoms. The first-order valence-corrected chi connectivity index (χ1v) is 4.58. The van der Waals surface area contributed by atoms with Crippen molar-refractivity contribution >= 4 is 26.9 Å². The molecule has 68 valence electrons. The summed E-state index contributed by atoms with van der Waals surface area (Å²) < 4.78 is 19.3. The molecule has 2 aromatic rings. The van der Waals surface area contributed by atoms with Crippen LogP contribution in [-0.2, 0) is 6.54 Å². The fourth-order valence-electron chi connectivity index (χ4n) is 1.21. The number of hydrogen-bond acceptors (Lipinski definition) is 2. The Morgan fingerprint density at radius 3 is 2.85 bits per heavy atom. The zero-order valence-corrected chi connectivity index (χ0v) is 8.27. The van der Waals surface area contributed by atoms with E-state index < -0.39 is 0 Å². The number of rotatable bonds is 1. The van der Waals surface area contributed by atoms with Crippen molar-refractivity contribution in [3.8, 4) is 0 Å². The Kier molecular flexibility index (Phi) is 2.09. The third kappa shape index (κ3) is 1.36. The smallest absolute Gasteiger partial charge is 0.151 e. The molecular formula is C9H7BrFNO. The Morgan fingerprint density at radius 1 is 1.46 bits per heavy atom. The van der Waals surface area contributed by atoms with Crippen LogP contribution in [0.3, 0.4) is 0 Å². The predicted octanol–water partition coefficient (Wildman–Crippen LogP) is 2.79. The maximum atomic E-state index is 13.2. The molecule has 0 fully saturated rings. The molecular weight excluding hydrogens is 237 g/mol. The molecule has 0 spiro atoms. The highest BCUT2D eigenvalue weighted by Crippen LogP contribution is 2.28. The zero-order chi connectivity index (χ0) is 9.42. The second-order valence-corrected chi connectivity index (χ2v) is 3.54. The van der Waals surface area contributed by atoms with E-state index in [0.717, 1.165) is 4.47 Å². The third-order valence-corrected chi connectivity index (χ3v) is 2.46. The van der Waals surface area contributed by atoms with Gasteiger partial charge >= 0.3 is 0 Å². The summed E-state index contributed by atoms with van der Waals surface area (Å²) in [5, 5.41) is 0.467. The normalized spacial score (nSPS) is 11.0. The number of furan rings is 1. The first kappa shape index (κ1) is 8.72. The lowest BCUT2D eigenvalue weighted by Crippen LogP contribution is -1.92. The summed E-state index contributed by atoms with van der Waals surface area (Å²) in [7, 11) is 0. The molecule has 0 saturated carbocycles. The van der Waals surface area contributed by atoms with Crippen LogP contribution in [0.5, 0.6) is 0 Å². The highest BCUT2D eigenvalue weighted by atomic mass is 79.9. The number of halogens is 2. The lowest BCUT2D eigenvalue weighted by atomic mass is 10.2. The zero-order valence-electron chi connectivity index (χ0n) is 6.68. The maximum Gasteiger partial charge on any atom is 0.151 e. The molecule has 4 heteroatoms. The van der Waals surface area contributed by atoms with E-state index in [1.807, 2.05) is 0 Å². The van der Waals surface area contributed by atoms with Crippen molar-refractivity contribution in [1.82, 2.24) is 0 Å². The van der Waals surface area contributed by atoms with Gasteiger partial charge in [0, 0.05) is 0 Å². The highest BCUT2D eigenvalue weighted by molar-refractivity contribution is 9.10. The number of fused-ring (bicyclic) bond motifs is 1. The van der Waals surface area contributed by atoms with E-state index in [2.05, 4.69) is 15.9 Å². The lowest BCUT2D eigenvalue weighted by molar-refractivity contribution is 0.550. The molecule has 0 radical (unpaired) electrons. The Hall–Kier alpha value is -0.870. The topological polar surface area (TPSA) is 39.2 Å². The van der Waals surface area contributed by atoms with Crippen molar-refractivity contribution in [2.45, 2.75) is 6.54 Å². The summed E-state index contributed by atoms with van der Waals surface area (Å²) in [5.41, 5.74) is 5.90. The molecule has 2 N–H and O–H groups in total. The van der Waals surface area contributed by atoms with E-state index in [9.17, 15) is 4.39 Å². The quantitative estimate of drug-likeness (QED) is 0.837. The van der Waals surface area contributed by atoms with Gasteiger partial charge in [-0.2, -0.15) is 0 Å². The second kappa shape index (κ2) is 3.12. The van der Waals surface area contributed by atoms with Gasteiger partial charge in [-0.05, 0) is 34.1 Å². The van der Waals surface area contributed by atoms with Gasteiger partial charge in [0.25, 0.3) is 0 Å². The predicted molar refractivity (Wildman–Crippen MR) is 51.8 cm³/mol. The molecule has 0 aliphatic rings. The van der Waals surface area contributed by atoms with E-state index >= 15 is 0 Å². The van der Waals surface area contributed by atoms with Crippen LogP contribution in [0.25, 0.3) is 11.0 Å². The van der Waals surface area contributed by atoms with Gasteiger partial charge in [0.05, 0.1) is 16.4 Å².